The first-order chi connectivity index (χ1) is 6.96. The third-order valence-corrected chi connectivity index (χ3v) is 2.45. The zero-order valence-electron chi connectivity index (χ0n) is 10.2. The quantitative estimate of drug-likeness (QED) is 0.693. The lowest BCUT2D eigenvalue weighted by Crippen LogP contribution is -2.38. The maximum absolute atomic E-state index is 11.8. The maximum atomic E-state index is 11.8. The van der Waals surface area contributed by atoms with Gasteiger partial charge in [-0.25, -0.2) is 0 Å². The Morgan fingerprint density at radius 3 is 2.47 bits per heavy atom. The van der Waals surface area contributed by atoms with Gasteiger partial charge in [-0.2, -0.15) is 0 Å². The molecular formula is C11H23NO3. The van der Waals surface area contributed by atoms with E-state index in [9.17, 15) is 4.79 Å². The molecule has 0 fully saturated rings. The smallest absolute Gasteiger partial charge is 0.225 e. The van der Waals surface area contributed by atoms with Crippen molar-refractivity contribution < 1.29 is 14.6 Å². The molecule has 0 aliphatic carbocycles. The summed E-state index contributed by atoms with van der Waals surface area (Å²) in [6, 6.07) is 0. The summed E-state index contributed by atoms with van der Waals surface area (Å²) in [5, 5.41) is 8.71. The van der Waals surface area contributed by atoms with Crippen LogP contribution in [-0.2, 0) is 9.53 Å². The fourth-order valence-corrected chi connectivity index (χ4v) is 1.27. The molecule has 15 heavy (non-hydrogen) atoms. The highest BCUT2D eigenvalue weighted by molar-refractivity contribution is 5.77. The second-order valence-electron chi connectivity index (χ2n) is 4.19. The van der Waals surface area contributed by atoms with Crippen molar-refractivity contribution in [2.75, 3.05) is 26.8 Å². The van der Waals surface area contributed by atoms with E-state index in [1.165, 1.54) is 0 Å². The van der Waals surface area contributed by atoms with Crippen LogP contribution in [0.2, 0.25) is 0 Å². The largest absolute Gasteiger partial charge is 0.396 e. The fraction of sp³-hybridized carbons (Fsp3) is 0.909. The Kier molecular flexibility index (Phi) is 6.52. The Bertz CT molecular complexity index is 192. The number of amides is 1. The van der Waals surface area contributed by atoms with Gasteiger partial charge in [-0.3, -0.25) is 4.79 Å². The summed E-state index contributed by atoms with van der Waals surface area (Å²) in [7, 11) is 1.61. The first-order valence-corrected chi connectivity index (χ1v) is 5.40. The van der Waals surface area contributed by atoms with Crippen LogP contribution in [0.4, 0.5) is 0 Å². The van der Waals surface area contributed by atoms with Gasteiger partial charge < -0.3 is 14.7 Å². The second-order valence-corrected chi connectivity index (χ2v) is 4.19. The van der Waals surface area contributed by atoms with E-state index in [2.05, 4.69) is 0 Å². The molecule has 0 aromatic heterocycles. The molecule has 0 atom stereocenters. The van der Waals surface area contributed by atoms with Crippen molar-refractivity contribution in [1.29, 1.82) is 0 Å². The van der Waals surface area contributed by atoms with Crippen LogP contribution in [0.3, 0.4) is 0 Å². The topological polar surface area (TPSA) is 49.8 Å². The first-order valence-electron chi connectivity index (χ1n) is 5.40. The molecule has 0 aromatic carbocycles. The minimum Gasteiger partial charge on any atom is -0.396 e. The third-order valence-electron chi connectivity index (χ3n) is 2.45. The van der Waals surface area contributed by atoms with Gasteiger partial charge in [-0.15, -0.1) is 0 Å². The van der Waals surface area contributed by atoms with Crippen LogP contribution in [0.15, 0.2) is 0 Å². The minimum atomic E-state index is -0.413. The van der Waals surface area contributed by atoms with Gasteiger partial charge in [-0.1, -0.05) is 0 Å². The van der Waals surface area contributed by atoms with Crippen molar-refractivity contribution in [2.24, 2.45) is 0 Å². The molecular weight excluding hydrogens is 194 g/mol. The Labute approximate surface area is 92.2 Å². The fourth-order valence-electron chi connectivity index (χ4n) is 1.27. The number of methoxy groups -OCH3 is 1. The number of carbonyl (C=O) groups excluding carboxylic acids is 1. The number of aliphatic hydroxyl groups excluding tert-OH is 1. The van der Waals surface area contributed by atoms with Crippen LogP contribution in [0.1, 0.15) is 33.6 Å². The predicted molar refractivity (Wildman–Crippen MR) is 59.7 cm³/mol. The number of aliphatic hydroxyl groups is 1. The summed E-state index contributed by atoms with van der Waals surface area (Å²) >= 11 is 0. The summed E-state index contributed by atoms with van der Waals surface area (Å²) in [5.41, 5.74) is -0.413. The molecule has 0 unspecified atom stereocenters. The summed E-state index contributed by atoms with van der Waals surface area (Å²) in [6.07, 6.45) is 1.01. The molecule has 90 valence electrons. The molecule has 0 saturated carbocycles. The third kappa shape index (κ3) is 5.74. The molecule has 0 heterocycles. The molecule has 0 radical (unpaired) electrons. The number of hydrogen-bond acceptors (Lipinski definition) is 3. The van der Waals surface area contributed by atoms with Gasteiger partial charge in [0.15, 0.2) is 0 Å². The minimum absolute atomic E-state index is 0.0813. The molecule has 4 heteroatoms. The van der Waals surface area contributed by atoms with Crippen LogP contribution in [0, 0.1) is 0 Å². The summed E-state index contributed by atoms with van der Waals surface area (Å²) in [4.78, 5) is 13.6. The van der Waals surface area contributed by atoms with Gasteiger partial charge in [0.2, 0.25) is 5.91 Å². The molecule has 0 aliphatic rings. The van der Waals surface area contributed by atoms with Crippen LogP contribution in [0.25, 0.3) is 0 Å². The molecule has 0 aromatic rings. The molecule has 0 rings (SSSR count). The van der Waals surface area contributed by atoms with E-state index < -0.39 is 5.60 Å². The second kappa shape index (κ2) is 6.80. The van der Waals surface area contributed by atoms with Crippen LogP contribution in [-0.4, -0.2) is 48.3 Å². The average molecular weight is 217 g/mol. The Morgan fingerprint density at radius 2 is 2.07 bits per heavy atom. The SMILES string of the molecule is CCN(CCCO)C(=O)CC(C)(C)OC. The van der Waals surface area contributed by atoms with Gasteiger partial charge in [-0.05, 0) is 27.2 Å². The number of hydrogen-bond donors (Lipinski definition) is 1. The predicted octanol–water partition coefficient (Wildman–Crippen LogP) is 1.03. The van der Waals surface area contributed by atoms with Crippen molar-refractivity contribution in [2.45, 2.75) is 39.2 Å². The Morgan fingerprint density at radius 1 is 1.47 bits per heavy atom. The monoisotopic (exact) mass is 217 g/mol. The lowest BCUT2D eigenvalue weighted by atomic mass is 10.0. The number of nitrogens with zero attached hydrogens (tertiary/aromatic N) is 1. The standard InChI is InChI=1S/C11H23NO3/c1-5-12(7-6-8-13)10(14)9-11(2,3)15-4/h13H,5-9H2,1-4H3. The van der Waals surface area contributed by atoms with E-state index >= 15 is 0 Å². The molecule has 0 spiro atoms. The summed E-state index contributed by atoms with van der Waals surface area (Å²) in [5.74, 6) is 0.0813. The maximum Gasteiger partial charge on any atom is 0.225 e. The lowest BCUT2D eigenvalue weighted by Gasteiger charge is -2.27. The molecule has 0 aliphatic heterocycles. The van der Waals surface area contributed by atoms with E-state index in [0.717, 1.165) is 0 Å². The molecule has 4 nitrogen and oxygen atoms in total. The first kappa shape index (κ1) is 14.4. The van der Waals surface area contributed by atoms with Crippen LogP contribution < -0.4 is 0 Å². The highest BCUT2D eigenvalue weighted by atomic mass is 16.5. The molecule has 1 N–H and O–H groups in total. The van der Waals surface area contributed by atoms with Crippen molar-refractivity contribution in [1.82, 2.24) is 4.90 Å². The highest BCUT2D eigenvalue weighted by Crippen LogP contribution is 2.14. The number of ether oxygens (including phenoxy) is 1. The van der Waals surface area contributed by atoms with E-state index in [0.29, 0.717) is 25.9 Å². The normalized spacial score (nSPS) is 11.5. The Balaban J connectivity index is 4.15. The van der Waals surface area contributed by atoms with E-state index in [1.807, 2.05) is 20.8 Å². The van der Waals surface area contributed by atoms with Gasteiger partial charge in [0, 0.05) is 26.8 Å². The Hall–Kier alpha value is -0.610. The molecule has 0 bridgehead atoms. The van der Waals surface area contributed by atoms with Crippen molar-refractivity contribution in [3.63, 3.8) is 0 Å². The molecule has 0 saturated heterocycles. The lowest BCUT2D eigenvalue weighted by molar-refractivity contribution is -0.136. The van der Waals surface area contributed by atoms with Gasteiger partial charge >= 0.3 is 0 Å². The zero-order chi connectivity index (χ0) is 11.9. The average Bonchev–Trinajstić information content (AvgIpc) is 2.18. The van der Waals surface area contributed by atoms with Crippen LogP contribution >= 0.6 is 0 Å². The van der Waals surface area contributed by atoms with Gasteiger partial charge in [0.1, 0.15) is 0 Å². The van der Waals surface area contributed by atoms with Crippen molar-refractivity contribution in [3.8, 4) is 0 Å². The molecule has 1 amide bonds. The van der Waals surface area contributed by atoms with E-state index in [-0.39, 0.29) is 12.5 Å². The highest BCUT2D eigenvalue weighted by Gasteiger charge is 2.23. The van der Waals surface area contributed by atoms with Crippen molar-refractivity contribution in [3.05, 3.63) is 0 Å². The van der Waals surface area contributed by atoms with Crippen LogP contribution in [0.5, 0.6) is 0 Å². The number of carbonyl (C=O) groups is 1. The van der Waals surface area contributed by atoms with Gasteiger partial charge in [0.25, 0.3) is 0 Å². The van der Waals surface area contributed by atoms with E-state index in [4.69, 9.17) is 9.84 Å². The van der Waals surface area contributed by atoms with Gasteiger partial charge in [0.05, 0.1) is 12.0 Å². The number of rotatable bonds is 7. The summed E-state index contributed by atoms with van der Waals surface area (Å²) in [6.45, 7) is 7.15. The van der Waals surface area contributed by atoms with E-state index in [1.54, 1.807) is 12.0 Å². The van der Waals surface area contributed by atoms with Crippen molar-refractivity contribution >= 4 is 5.91 Å². The summed E-state index contributed by atoms with van der Waals surface area (Å²) < 4.78 is 5.21. The zero-order valence-corrected chi connectivity index (χ0v) is 10.2.